The maximum atomic E-state index is 5.67. The molecule has 3 heterocycles. The number of aromatic nitrogens is 2. The first-order valence-electron chi connectivity index (χ1n) is 6.87. The van der Waals surface area contributed by atoms with E-state index in [0.29, 0.717) is 5.13 Å². The number of nitrogen functional groups attached to an aromatic ring is 1. The standard InChI is InChI=1S/C13H19N5S2.ClH/c1-2-10-7-16-13(20-10)18-5-3-17(4-6-18)9-11-8-15-12(14)19-11;/h7-8H,2-6,9H2,1H3,(H2,14,15);1H. The van der Waals surface area contributed by atoms with E-state index in [0.717, 1.165) is 39.1 Å². The largest absolute Gasteiger partial charge is 0.375 e. The highest BCUT2D eigenvalue weighted by Crippen LogP contribution is 2.24. The predicted molar refractivity (Wildman–Crippen MR) is 92.8 cm³/mol. The number of hydrogen-bond acceptors (Lipinski definition) is 7. The van der Waals surface area contributed by atoms with Crippen LogP contribution >= 0.6 is 35.1 Å². The minimum Gasteiger partial charge on any atom is -0.375 e. The highest BCUT2D eigenvalue weighted by molar-refractivity contribution is 7.15. The van der Waals surface area contributed by atoms with E-state index >= 15 is 0 Å². The summed E-state index contributed by atoms with van der Waals surface area (Å²) in [6.07, 6.45) is 4.97. The van der Waals surface area contributed by atoms with Crippen molar-refractivity contribution >= 4 is 45.3 Å². The summed E-state index contributed by atoms with van der Waals surface area (Å²) in [7, 11) is 0. The summed E-state index contributed by atoms with van der Waals surface area (Å²) in [5.74, 6) is 0. The second-order valence-corrected chi connectivity index (χ2v) is 7.13. The minimum absolute atomic E-state index is 0. The molecule has 116 valence electrons. The number of hydrogen-bond donors (Lipinski definition) is 1. The molecule has 0 saturated carbocycles. The smallest absolute Gasteiger partial charge is 0.185 e. The topological polar surface area (TPSA) is 58.3 Å². The van der Waals surface area contributed by atoms with Crippen LogP contribution < -0.4 is 10.6 Å². The minimum atomic E-state index is 0. The number of piperazine rings is 1. The molecule has 0 bridgehead atoms. The van der Waals surface area contributed by atoms with Gasteiger partial charge in [0, 0.05) is 54.9 Å². The van der Waals surface area contributed by atoms with Crippen molar-refractivity contribution in [3.63, 3.8) is 0 Å². The van der Waals surface area contributed by atoms with Gasteiger partial charge in [0.05, 0.1) is 0 Å². The molecule has 0 aromatic carbocycles. The van der Waals surface area contributed by atoms with Gasteiger partial charge in [0.2, 0.25) is 0 Å². The van der Waals surface area contributed by atoms with E-state index in [9.17, 15) is 0 Å². The van der Waals surface area contributed by atoms with Crippen LogP contribution in [0.3, 0.4) is 0 Å². The molecule has 1 fully saturated rings. The van der Waals surface area contributed by atoms with Gasteiger partial charge in [-0.2, -0.15) is 0 Å². The molecule has 1 aliphatic rings. The Hall–Kier alpha value is -0.890. The van der Waals surface area contributed by atoms with Crippen LogP contribution in [0.15, 0.2) is 12.4 Å². The van der Waals surface area contributed by atoms with Crippen LogP contribution in [0.2, 0.25) is 0 Å². The van der Waals surface area contributed by atoms with E-state index in [1.54, 1.807) is 11.3 Å². The number of anilines is 2. The lowest BCUT2D eigenvalue weighted by atomic mass is 10.3. The number of aryl methyl sites for hydroxylation is 1. The highest BCUT2D eigenvalue weighted by Gasteiger charge is 2.19. The van der Waals surface area contributed by atoms with E-state index in [1.807, 2.05) is 23.7 Å². The van der Waals surface area contributed by atoms with Crippen molar-refractivity contribution in [1.82, 2.24) is 14.9 Å². The summed E-state index contributed by atoms with van der Waals surface area (Å²) < 4.78 is 0. The first kappa shape index (κ1) is 16.5. The molecule has 0 spiro atoms. The van der Waals surface area contributed by atoms with Crippen molar-refractivity contribution in [1.29, 1.82) is 0 Å². The molecule has 0 aliphatic carbocycles. The zero-order valence-corrected chi connectivity index (χ0v) is 14.4. The van der Waals surface area contributed by atoms with Crippen LogP contribution in [0.5, 0.6) is 0 Å². The Bertz CT molecular complexity index is 562. The molecule has 3 rings (SSSR count). The van der Waals surface area contributed by atoms with Crippen LogP contribution in [0.25, 0.3) is 0 Å². The van der Waals surface area contributed by atoms with Crippen molar-refractivity contribution in [3.05, 3.63) is 22.1 Å². The molecule has 0 atom stereocenters. The van der Waals surface area contributed by atoms with Gasteiger partial charge >= 0.3 is 0 Å². The number of rotatable bonds is 4. The van der Waals surface area contributed by atoms with Crippen LogP contribution in [-0.2, 0) is 13.0 Å². The predicted octanol–water partition coefficient (Wildman–Crippen LogP) is 2.49. The molecule has 21 heavy (non-hydrogen) atoms. The van der Waals surface area contributed by atoms with Crippen molar-refractivity contribution in [2.75, 3.05) is 36.8 Å². The number of nitrogens with zero attached hydrogens (tertiary/aromatic N) is 4. The van der Waals surface area contributed by atoms with Crippen LogP contribution in [0.4, 0.5) is 10.3 Å². The average Bonchev–Trinajstić information content (AvgIpc) is 3.09. The zero-order chi connectivity index (χ0) is 13.9. The fourth-order valence-electron chi connectivity index (χ4n) is 2.32. The third-order valence-electron chi connectivity index (χ3n) is 3.48. The van der Waals surface area contributed by atoms with Gasteiger partial charge in [0.25, 0.3) is 0 Å². The molecule has 8 heteroatoms. The van der Waals surface area contributed by atoms with Crippen molar-refractivity contribution in [2.24, 2.45) is 0 Å². The second-order valence-electron chi connectivity index (χ2n) is 4.89. The molecule has 2 N–H and O–H groups in total. The van der Waals surface area contributed by atoms with Gasteiger partial charge in [-0.3, -0.25) is 4.90 Å². The Balaban J connectivity index is 0.00000161. The Kier molecular flexibility index (Phi) is 5.80. The lowest BCUT2D eigenvalue weighted by Crippen LogP contribution is -2.45. The number of nitrogens with two attached hydrogens (primary N) is 1. The highest BCUT2D eigenvalue weighted by atomic mass is 35.5. The molecule has 1 saturated heterocycles. The van der Waals surface area contributed by atoms with Crippen molar-refractivity contribution < 1.29 is 0 Å². The lowest BCUT2D eigenvalue weighted by molar-refractivity contribution is 0.252. The van der Waals surface area contributed by atoms with Crippen molar-refractivity contribution in [2.45, 2.75) is 19.9 Å². The first-order chi connectivity index (χ1) is 9.74. The summed E-state index contributed by atoms with van der Waals surface area (Å²) in [5, 5.41) is 1.83. The molecule has 5 nitrogen and oxygen atoms in total. The van der Waals surface area contributed by atoms with Gasteiger partial charge in [-0.25, -0.2) is 9.97 Å². The Morgan fingerprint density at radius 1 is 1.10 bits per heavy atom. The van der Waals surface area contributed by atoms with E-state index in [2.05, 4.69) is 26.7 Å². The lowest BCUT2D eigenvalue weighted by Gasteiger charge is -2.34. The van der Waals surface area contributed by atoms with Gasteiger partial charge in [-0.15, -0.1) is 35.1 Å². The monoisotopic (exact) mass is 345 g/mol. The molecule has 2 aromatic heterocycles. The number of halogens is 1. The average molecular weight is 346 g/mol. The molecule has 0 radical (unpaired) electrons. The summed E-state index contributed by atoms with van der Waals surface area (Å²) in [4.78, 5) is 16.1. The Labute approximate surface area is 139 Å². The summed E-state index contributed by atoms with van der Waals surface area (Å²) in [6, 6.07) is 0. The second kappa shape index (κ2) is 7.40. The number of thiazole rings is 2. The SMILES string of the molecule is CCc1cnc(N2CCN(Cc3cnc(N)s3)CC2)s1.Cl. The van der Waals surface area contributed by atoms with Gasteiger partial charge in [0.15, 0.2) is 10.3 Å². The van der Waals surface area contributed by atoms with E-state index in [4.69, 9.17) is 5.73 Å². The normalized spacial score (nSPS) is 16.0. The molecule has 2 aromatic rings. The Morgan fingerprint density at radius 2 is 1.81 bits per heavy atom. The fraction of sp³-hybridized carbons (Fsp3) is 0.538. The van der Waals surface area contributed by atoms with Gasteiger partial charge < -0.3 is 10.6 Å². The van der Waals surface area contributed by atoms with Crippen LogP contribution in [0.1, 0.15) is 16.7 Å². The third-order valence-corrected chi connectivity index (χ3v) is 5.50. The maximum absolute atomic E-state index is 5.67. The van der Waals surface area contributed by atoms with Crippen LogP contribution in [0, 0.1) is 0 Å². The maximum Gasteiger partial charge on any atom is 0.185 e. The molecular formula is C13H20ClN5S2. The summed E-state index contributed by atoms with van der Waals surface area (Å²) in [5.41, 5.74) is 5.67. The van der Waals surface area contributed by atoms with Crippen molar-refractivity contribution in [3.8, 4) is 0 Å². The quantitative estimate of drug-likeness (QED) is 0.922. The Morgan fingerprint density at radius 3 is 2.38 bits per heavy atom. The van der Waals surface area contributed by atoms with Gasteiger partial charge in [0.1, 0.15) is 0 Å². The van der Waals surface area contributed by atoms with E-state index < -0.39 is 0 Å². The van der Waals surface area contributed by atoms with Gasteiger partial charge in [-0.05, 0) is 6.42 Å². The van der Waals surface area contributed by atoms with E-state index in [-0.39, 0.29) is 12.4 Å². The summed E-state index contributed by atoms with van der Waals surface area (Å²) in [6.45, 7) is 7.37. The summed E-state index contributed by atoms with van der Waals surface area (Å²) >= 11 is 3.41. The molecular weight excluding hydrogens is 326 g/mol. The molecule has 0 amide bonds. The third kappa shape index (κ3) is 4.06. The van der Waals surface area contributed by atoms with Gasteiger partial charge in [-0.1, -0.05) is 6.92 Å². The van der Waals surface area contributed by atoms with Crippen LogP contribution in [-0.4, -0.2) is 41.0 Å². The van der Waals surface area contributed by atoms with E-state index in [1.165, 1.54) is 14.9 Å². The zero-order valence-electron chi connectivity index (χ0n) is 12.0. The molecule has 1 aliphatic heterocycles. The molecule has 0 unspecified atom stereocenters. The first-order valence-corrected chi connectivity index (χ1v) is 8.50. The fourth-order valence-corrected chi connectivity index (χ4v) is 3.95.